The standard InChI is InChI=1S/C20H23FN2O2.ClH/c1-13(19(22)14-6-3-2-4-7-14)20(24)23-15-10-11-18(17(21)12-15)25-16-8-5-9-16;/h2-4,6-7,10-13,16,19H,5,8-9,22H2,1H3,(H,23,24);1H. The average Bonchev–Trinajstić information content (AvgIpc) is 2.59. The molecule has 3 rings (SSSR count). The van der Waals surface area contributed by atoms with E-state index in [2.05, 4.69) is 5.32 Å². The summed E-state index contributed by atoms with van der Waals surface area (Å²) in [6, 6.07) is 13.5. The SMILES string of the molecule is CC(C(=O)Nc1ccc(OC2CCC2)c(F)c1)C(N)c1ccccc1.Cl. The monoisotopic (exact) mass is 378 g/mol. The number of nitrogens with one attached hydrogen (secondary N) is 1. The van der Waals surface area contributed by atoms with Crippen LogP contribution in [0.2, 0.25) is 0 Å². The summed E-state index contributed by atoms with van der Waals surface area (Å²) in [6.45, 7) is 1.76. The number of carbonyl (C=O) groups is 1. The van der Waals surface area contributed by atoms with E-state index in [1.54, 1.807) is 19.1 Å². The molecule has 0 heterocycles. The smallest absolute Gasteiger partial charge is 0.229 e. The van der Waals surface area contributed by atoms with Crippen molar-refractivity contribution >= 4 is 24.0 Å². The van der Waals surface area contributed by atoms with E-state index in [0.717, 1.165) is 24.8 Å². The number of carbonyl (C=O) groups excluding carboxylic acids is 1. The Morgan fingerprint density at radius 3 is 2.50 bits per heavy atom. The van der Waals surface area contributed by atoms with Gasteiger partial charge in [-0.3, -0.25) is 4.79 Å². The van der Waals surface area contributed by atoms with Gasteiger partial charge in [-0.25, -0.2) is 4.39 Å². The van der Waals surface area contributed by atoms with Crippen LogP contribution < -0.4 is 15.8 Å². The summed E-state index contributed by atoms with van der Waals surface area (Å²) >= 11 is 0. The van der Waals surface area contributed by atoms with E-state index in [-0.39, 0.29) is 30.2 Å². The van der Waals surface area contributed by atoms with Crippen LogP contribution >= 0.6 is 12.4 Å². The minimum atomic E-state index is -0.468. The molecule has 26 heavy (non-hydrogen) atoms. The van der Waals surface area contributed by atoms with Gasteiger partial charge in [-0.15, -0.1) is 12.4 Å². The highest BCUT2D eigenvalue weighted by Crippen LogP contribution is 2.29. The first-order valence-corrected chi connectivity index (χ1v) is 8.62. The molecular weight excluding hydrogens is 355 g/mol. The number of halogens is 2. The van der Waals surface area contributed by atoms with Crippen LogP contribution in [0.3, 0.4) is 0 Å². The van der Waals surface area contributed by atoms with E-state index in [4.69, 9.17) is 10.5 Å². The van der Waals surface area contributed by atoms with E-state index in [1.165, 1.54) is 6.07 Å². The van der Waals surface area contributed by atoms with E-state index in [1.807, 2.05) is 30.3 Å². The van der Waals surface area contributed by atoms with Crippen molar-refractivity contribution in [2.75, 3.05) is 5.32 Å². The topological polar surface area (TPSA) is 64.3 Å². The molecule has 0 bridgehead atoms. The quantitative estimate of drug-likeness (QED) is 0.780. The van der Waals surface area contributed by atoms with Gasteiger partial charge in [0.05, 0.1) is 12.0 Å². The molecule has 1 aliphatic rings. The Hall–Kier alpha value is -2.11. The Morgan fingerprint density at radius 2 is 1.92 bits per heavy atom. The molecule has 3 N–H and O–H groups in total. The highest BCUT2D eigenvalue weighted by Gasteiger charge is 2.23. The Morgan fingerprint density at radius 1 is 1.23 bits per heavy atom. The second-order valence-electron chi connectivity index (χ2n) is 6.53. The second kappa shape index (κ2) is 9.01. The first-order chi connectivity index (χ1) is 12.0. The normalized spacial score (nSPS) is 16.0. The number of rotatable bonds is 6. The molecule has 2 aromatic carbocycles. The van der Waals surface area contributed by atoms with Gasteiger partial charge in [0.2, 0.25) is 5.91 Å². The van der Waals surface area contributed by atoms with Crippen molar-refractivity contribution < 1.29 is 13.9 Å². The van der Waals surface area contributed by atoms with Crippen molar-refractivity contribution in [2.45, 2.75) is 38.3 Å². The molecular formula is C20H24ClFN2O2. The number of amides is 1. The third-order valence-electron chi connectivity index (χ3n) is 4.68. The molecule has 2 unspecified atom stereocenters. The number of nitrogens with two attached hydrogens (primary N) is 1. The van der Waals surface area contributed by atoms with Gasteiger partial charge >= 0.3 is 0 Å². The molecule has 1 amide bonds. The first kappa shape index (κ1) is 20.2. The molecule has 1 aliphatic carbocycles. The van der Waals surface area contributed by atoms with Gasteiger partial charge in [0.15, 0.2) is 11.6 Å². The largest absolute Gasteiger partial charge is 0.487 e. The zero-order chi connectivity index (χ0) is 17.8. The lowest BCUT2D eigenvalue weighted by atomic mass is 9.94. The van der Waals surface area contributed by atoms with Crippen LogP contribution in [0, 0.1) is 11.7 Å². The summed E-state index contributed by atoms with van der Waals surface area (Å²) in [6.07, 6.45) is 3.17. The van der Waals surface area contributed by atoms with Gasteiger partial charge in [0.1, 0.15) is 0 Å². The molecule has 0 aliphatic heterocycles. The second-order valence-corrected chi connectivity index (χ2v) is 6.53. The minimum Gasteiger partial charge on any atom is -0.487 e. The maximum atomic E-state index is 14.1. The molecule has 0 saturated heterocycles. The number of hydrogen-bond donors (Lipinski definition) is 2. The van der Waals surface area contributed by atoms with Crippen molar-refractivity contribution in [2.24, 2.45) is 11.7 Å². The summed E-state index contributed by atoms with van der Waals surface area (Å²) in [7, 11) is 0. The molecule has 6 heteroatoms. The fraction of sp³-hybridized carbons (Fsp3) is 0.350. The predicted octanol–water partition coefficient (Wildman–Crippen LogP) is 4.45. The van der Waals surface area contributed by atoms with Crippen LogP contribution in [0.4, 0.5) is 10.1 Å². The summed E-state index contributed by atoms with van der Waals surface area (Å²) in [5.41, 5.74) is 7.46. The van der Waals surface area contributed by atoms with Crippen LogP contribution in [0.5, 0.6) is 5.75 Å². The highest BCUT2D eigenvalue weighted by molar-refractivity contribution is 5.93. The third kappa shape index (κ3) is 4.74. The van der Waals surface area contributed by atoms with E-state index in [0.29, 0.717) is 5.69 Å². The van der Waals surface area contributed by atoms with Gasteiger partial charge in [0, 0.05) is 17.8 Å². The van der Waals surface area contributed by atoms with Crippen molar-refractivity contribution in [3.05, 3.63) is 59.9 Å². The van der Waals surface area contributed by atoms with E-state index in [9.17, 15) is 9.18 Å². The average molecular weight is 379 g/mol. The predicted molar refractivity (Wildman–Crippen MR) is 103 cm³/mol. The lowest BCUT2D eigenvalue weighted by Crippen LogP contribution is -2.30. The zero-order valence-corrected chi connectivity index (χ0v) is 15.5. The summed E-state index contributed by atoms with van der Waals surface area (Å²) in [4.78, 5) is 12.4. The Balaban J connectivity index is 0.00000243. The lowest BCUT2D eigenvalue weighted by Gasteiger charge is -2.26. The van der Waals surface area contributed by atoms with E-state index >= 15 is 0 Å². The number of ether oxygens (including phenoxy) is 1. The maximum Gasteiger partial charge on any atom is 0.229 e. The summed E-state index contributed by atoms with van der Waals surface area (Å²) in [5.74, 6) is -0.929. The molecule has 140 valence electrons. The van der Waals surface area contributed by atoms with Gasteiger partial charge < -0.3 is 15.8 Å². The maximum absolute atomic E-state index is 14.1. The van der Waals surface area contributed by atoms with Crippen molar-refractivity contribution in [3.8, 4) is 5.75 Å². The van der Waals surface area contributed by atoms with Crippen LogP contribution in [0.25, 0.3) is 0 Å². The van der Waals surface area contributed by atoms with Crippen molar-refractivity contribution in [1.82, 2.24) is 0 Å². The Labute approximate surface area is 159 Å². The van der Waals surface area contributed by atoms with Crippen molar-refractivity contribution in [1.29, 1.82) is 0 Å². The van der Waals surface area contributed by atoms with Crippen LogP contribution in [-0.2, 0) is 4.79 Å². The lowest BCUT2D eigenvalue weighted by molar-refractivity contribution is -0.120. The van der Waals surface area contributed by atoms with Crippen molar-refractivity contribution in [3.63, 3.8) is 0 Å². The Bertz CT molecular complexity index is 738. The van der Waals surface area contributed by atoms with Gasteiger partial charge in [-0.1, -0.05) is 37.3 Å². The van der Waals surface area contributed by atoms with Crippen LogP contribution in [0.15, 0.2) is 48.5 Å². The van der Waals surface area contributed by atoms with Crippen LogP contribution in [-0.4, -0.2) is 12.0 Å². The van der Waals surface area contributed by atoms with Crippen LogP contribution in [0.1, 0.15) is 37.8 Å². The molecule has 2 aromatic rings. The van der Waals surface area contributed by atoms with E-state index < -0.39 is 17.8 Å². The molecule has 2 atom stereocenters. The third-order valence-corrected chi connectivity index (χ3v) is 4.68. The molecule has 0 radical (unpaired) electrons. The molecule has 1 saturated carbocycles. The number of hydrogen-bond acceptors (Lipinski definition) is 3. The molecule has 0 aromatic heterocycles. The van der Waals surface area contributed by atoms with Gasteiger partial charge in [-0.05, 0) is 37.0 Å². The minimum absolute atomic E-state index is 0. The fourth-order valence-electron chi connectivity index (χ4n) is 2.73. The Kier molecular flexibility index (Phi) is 7.00. The molecule has 4 nitrogen and oxygen atoms in total. The summed E-state index contributed by atoms with van der Waals surface area (Å²) < 4.78 is 19.7. The van der Waals surface area contributed by atoms with Gasteiger partial charge in [-0.2, -0.15) is 0 Å². The fourth-order valence-corrected chi connectivity index (χ4v) is 2.73. The number of benzene rings is 2. The number of anilines is 1. The first-order valence-electron chi connectivity index (χ1n) is 8.62. The zero-order valence-electron chi connectivity index (χ0n) is 14.7. The summed E-state index contributed by atoms with van der Waals surface area (Å²) in [5, 5.41) is 2.73. The van der Waals surface area contributed by atoms with Gasteiger partial charge in [0.25, 0.3) is 0 Å². The molecule has 0 spiro atoms. The highest BCUT2D eigenvalue weighted by atomic mass is 35.5. The molecule has 1 fully saturated rings.